The minimum absolute atomic E-state index is 0.208. The third-order valence-electron chi connectivity index (χ3n) is 3.79. The summed E-state index contributed by atoms with van der Waals surface area (Å²) in [6.45, 7) is 5.45. The molecule has 0 aromatic carbocycles. The standard InChI is InChI=1S/C13H23N3O4/c1-5-16(13(2,3)11(18)19)12(20)15-8-6-7-9(15)10(17)14-4/h9H,5-8H2,1-4H3,(H,14,17)(H,18,19). The average molecular weight is 285 g/mol. The Bertz CT molecular complexity index is 408. The Kier molecular flexibility index (Phi) is 4.97. The number of likely N-dealkylation sites (N-methyl/N-ethyl adjacent to an activating group) is 2. The maximum Gasteiger partial charge on any atom is 0.329 e. The Hall–Kier alpha value is -1.79. The average Bonchev–Trinajstić information content (AvgIpc) is 2.87. The van der Waals surface area contributed by atoms with Crippen LogP contribution in [0.25, 0.3) is 0 Å². The second-order valence-electron chi connectivity index (χ2n) is 5.36. The molecule has 0 spiro atoms. The summed E-state index contributed by atoms with van der Waals surface area (Å²) in [5.41, 5.74) is -1.30. The van der Waals surface area contributed by atoms with Crippen LogP contribution in [-0.4, -0.2) is 64.5 Å². The number of rotatable bonds is 4. The SMILES string of the molecule is CCN(C(=O)N1CCCC1C(=O)NC)C(C)(C)C(=O)O. The van der Waals surface area contributed by atoms with Crippen LogP contribution in [0.2, 0.25) is 0 Å². The Morgan fingerprint density at radius 3 is 2.45 bits per heavy atom. The van der Waals surface area contributed by atoms with E-state index in [0.717, 1.165) is 6.42 Å². The van der Waals surface area contributed by atoms with Crippen molar-refractivity contribution in [3.8, 4) is 0 Å². The largest absolute Gasteiger partial charge is 0.480 e. The molecule has 2 N–H and O–H groups in total. The van der Waals surface area contributed by atoms with E-state index < -0.39 is 23.6 Å². The summed E-state index contributed by atoms with van der Waals surface area (Å²) < 4.78 is 0. The van der Waals surface area contributed by atoms with Crippen LogP contribution in [0.5, 0.6) is 0 Å². The van der Waals surface area contributed by atoms with Crippen LogP contribution in [0, 0.1) is 0 Å². The van der Waals surface area contributed by atoms with Gasteiger partial charge in [-0.25, -0.2) is 9.59 Å². The minimum Gasteiger partial charge on any atom is -0.480 e. The van der Waals surface area contributed by atoms with Crippen molar-refractivity contribution in [1.82, 2.24) is 15.1 Å². The molecular weight excluding hydrogens is 262 g/mol. The van der Waals surface area contributed by atoms with Gasteiger partial charge in [-0.3, -0.25) is 4.79 Å². The molecule has 1 fully saturated rings. The maximum absolute atomic E-state index is 12.6. The summed E-state index contributed by atoms with van der Waals surface area (Å²) in [4.78, 5) is 38.4. The van der Waals surface area contributed by atoms with Gasteiger partial charge in [-0.05, 0) is 33.6 Å². The molecule has 0 bridgehead atoms. The van der Waals surface area contributed by atoms with Crippen molar-refractivity contribution >= 4 is 17.9 Å². The zero-order valence-electron chi connectivity index (χ0n) is 12.5. The zero-order chi connectivity index (χ0) is 15.5. The Morgan fingerprint density at radius 2 is 2.00 bits per heavy atom. The lowest BCUT2D eigenvalue weighted by Gasteiger charge is -2.38. The van der Waals surface area contributed by atoms with E-state index in [1.165, 1.54) is 30.7 Å². The lowest BCUT2D eigenvalue weighted by atomic mass is 10.0. The predicted molar refractivity (Wildman–Crippen MR) is 73.3 cm³/mol. The van der Waals surface area contributed by atoms with E-state index >= 15 is 0 Å². The summed E-state index contributed by atoms with van der Waals surface area (Å²) in [7, 11) is 1.53. The molecule has 0 saturated carbocycles. The highest BCUT2D eigenvalue weighted by molar-refractivity contribution is 5.90. The zero-order valence-corrected chi connectivity index (χ0v) is 12.5. The quantitative estimate of drug-likeness (QED) is 0.787. The molecule has 3 amide bonds. The molecular formula is C13H23N3O4. The van der Waals surface area contributed by atoms with E-state index in [-0.39, 0.29) is 12.5 Å². The molecule has 1 unspecified atom stereocenters. The topological polar surface area (TPSA) is 90.0 Å². The molecule has 1 saturated heterocycles. The van der Waals surface area contributed by atoms with E-state index in [1.54, 1.807) is 6.92 Å². The number of carbonyl (C=O) groups excluding carboxylic acids is 2. The van der Waals surface area contributed by atoms with E-state index in [1.807, 2.05) is 0 Å². The second-order valence-corrected chi connectivity index (χ2v) is 5.36. The Balaban J connectivity index is 2.97. The first-order chi connectivity index (χ1) is 9.27. The highest BCUT2D eigenvalue weighted by atomic mass is 16.4. The van der Waals surface area contributed by atoms with Crippen LogP contribution in [0.3, 0.4) is 0 Å². The Labute approximate surface area is 118 Å². The third kappa shape index (κ3) is 2.86. The molecule has 114 valence electrons. The lowest BCUT2D eigenvalue weighted by molar-refractivity contribution is -0.147. The van der Waals surface area contributed by atoms with Gasteiger partial charge in [0.05, 0.1) is 0 Å². The van der Waals surface area contributed by atoms with Crippen molar-refractivity contribution in [2.45, 2.75) is 45.2 Å². The highest BCUT2D eigenvalue weighted by Gasteiger charge is 2.42. The van der Waals surface area contributed by atoms with E-state index in [9.17, 15) is 19.5 Å². The second kappa shape index (κ2) is 6.11. The number of nitrogens with one attached hydrogen (secondary N) is 1. The maximum atomic E-state index is 12.6. The van der Waals surface area contributed by atoms with Gasteiger partial charge in [0.15, 0.2) is 0 Å². The van der Waals surface area contributed by atoms with Crippen molar-refractivity contribution in [3.05, 3.63) is 0 Å². The van der Waals surface area contributed by atoms with Gasteiger partial charge in [-0.1, -0.05) is 0 Å². The fourth-order valence-electron chi connectivity index (χ4n) is 2.48. The van der Waals surface area contributed by atoms with E-state index in [0.29, 0.717) is 13.0 Å². The van der Waals surface area contributed by atoms with Crippen molar-refractivity contribution in [2.24, 2.45) is 0 Å². The van der Waals surface area contributed by atoms with Crippen molar-refractivity contribution in [2.75, 3.05) is 20.1 Å². The molecule has 1 aliphatic heterocycles. The van der Waals surface area contributed by atoms with E-state index in [4.69, 9.17) is 0 Å². The number of hydrogen-bond donors (Lipinski definition) is 2. The lowest BCUT2D eigenvalue weighted by Crippen LogP contribution is -2.59. The molecule has 0 aromatic heterocycles. The molecule has 1 aliphatic rings. The summed E-state index contributed by atoms with van der Waals surface area (Å²) in [6.07, 6.45) is 1.35. The normalized spacial score (nSPS) is 18.8. The van der Waals surface area contributed by atoms with E-state index in [2.05, 4.69) is 5.32 Å². The van der Waals surface area contributed by atoms with Crippen LogP contribution < -0.4 is 5.32 Å². The van der Waals surface area contributed by atoms with Crippen LogP contribution >= 0.6 is 0 Å². The monoisotopic (exact) mass is 285 g/mol. The summed E-state index contributed by atoms with van der Waals surface area (Å²) in [5, 5.41) is 11.8. The van der Waals surface area contributed by atoms with Crippen LogP contribution in [0.1, 0.15) is 33.6 Å². The van der Waals surface area contributed by atoms with Gasteiger partial charge < -0.3 is 20.2 Å². The summed E-state index contributed by atoms with van der Waals surface area (Å²) in [5.74, 6) is -1.27. The van der Waals surface area contributed by atoms with Gasteiger partial charge in [0.1, 0.15) is 11.6 Å². The number of carboxylic acids is 1. The molecule has 0 aromatic rings. The molecule has 7 heteroatoms. The van der Waals surface area contributed by atoms with Crippen LogP contribution in [0.15, 0.2) is 0 Å². The number of urea groups is 1. The number of amides is 3. The molecule has 0 radical (unpaired) electrons. The number of likely N-dealkylation sites (tertiary alicyclic amines) is 1. The predicted octanol–water partition coefficient (Wildman–Crippen LogP) is 0.502. The molecule has 7 nitrogen and oxygen atoms in total. The summed E-state index contributed by atoms with van der Waals surface area (Å²) >= 11 is 0. The van der Waals surface area contributed by atoms with Gasteiger partial charge in [0.2, 0.25) is 5.91 Å². The number of carboxylic acid groups (broad SMARTS) is 1. The molecule has 1 rings (SSSR count). The first-order valence-electron chi connectivity index (χ1n) is 6.80. The number of hydrogen-bond acceptors (Lipinski definition) is 3. The van der Waals surface area contributed by atoms with Gasteiger partial charge in [0.25, 0.3) is 0 Å². The smallest absolute Gasteiger partial charge is 0.329 e. The van der Waals surface area contributed by atoms with Crippen LogP contribution in [-0.2, 0) is 9.59 Å². The highest BCUT2D eigenvalue weighted by Crippen LogP contribution is 2.23. The van der Waals surface area contributed by atoms with Crippen molar-refractivity contribution in [3.63, 3.8) is 0 Å². The van der Waals surface area contributed by atoms with Gasteiger partial charge in [-0.15, -0.1) is 0 Å². The number of aliphatic carboxylic acids is 1. The molecule has 1 atom stereocenters. The fourth-order valence-corrected chi connectivity index (χ4v) is 2.48. The van der Waals surface area contributed by atoms with Crippen molar-refractivity contribution < 1.29 is 19.5 Å². The molecule has 1 heterocycles. The van der Waals surface area contributed by atoms with Crippen molar-refractivity contribution in [1.29, 1.82) is 0 Å². The molecule has 0 aliphatic carbocycles. The van der Waals surface area contributed by atoms with Gasteiger partial charge >= 0.3 is 12.0 Å². The molecule has 20 heavy (non-hydrogen) atoms. The van der Waals surface area contributed by atoms with Gasteiger partial charge in [0, 0.05) is 20.1 Å². The Morgan fingerprint density at radius 1 is 1.40 bits per heavy atom. The first-order valence-corrected chi connectivity index (χ1v) is 6.80. The third-order valence-corrected chi connectivity index (χ3v) is 3.79. The number of nitrogens with zero attached hydrogens (tertiary/aromatic N) is 2. The van der Waals surface area contributed by atoms with Gasteiger partial charge in [-0.2, -0.15) is 0 Å². The first kappa shape index (κ1) is 16.3. The fraction of sp³-hybridized carbons (Fsp3) is 0.769. The van der Waals surface area contributed by atoms with Crippen LogP contribution in [0.4, 0.5) is 4.79 Å². The number of carbonyl (C=O) groups is 3. The summed E-state index contributed by atoms with van der Waals surface area (Å²) in [6, 6.07) is -0.905. The minimum atomic E-state index is -1.30.